The van der Waals surface area contributed by atoms with E-state index in [1.165, 1.54) is 0 Å². The van der Waals surface area contributed by atoms with Gasteiger partial charge in [0.2, 0.25) is 11.8 Å². The minimum Gasteiger partial charge on any atom is -0.492 e. The number of aryl methyl sites for hydroxylation is 1. The standard InChI is InChI=1S/C20H21ClN2O3/c1-3-26-18-7-5-4-6-17(18)22-20(25)14-10-19(24)23(12-14)15-9-8-13(2)16(21)11-15/h4-9,11,14H,3,10,12H2,1-2H3,(H,22,25)/t14-/m1/s1. The summed E-state index contributed by atoms with van der Waals surface area (Å²) in [6.07, 6.45) is 0.175. The molecule has 1 N–H and O–H groups in total. The highest BCUT2D eigenvalue weighted by atomic mass is 35.5. The van der Waals surface area contributed by atoms with Gasteiger partial charge in [-0.25, -0.2) is 0 Å². The fourth-order valence-electron chi connectivity index (χ4n) is 2.97. The number of benzene rings is 2. The molecule has 1 fully saturated rings. The molecule has 136 valence electrons. The summed E-state index contributed by atoms with van der Waals surface area (Å²) < 4.78 is 5.53. The fraction of sp³-hybridized carbons (Fsp3) is 0.300. The van der Waals surface area contributed by atoms with Crippen molar-refractivity contribution in [1.82, 2.24) is 0 Å². The number of rotatable bonds is 5. The first-order chi connectivity index (χ1) is 12.5. The predicted octanol–water partition coefficient (Wildman–Crippen LogP) is 4.04. The number of carbonyl (C=O) groups is 2. The van der Waals surface area contributed by atoms with E-state index >= 15 is 0 Å². The van der Waals surface area contributed by atoms with Gasteiger partial charge in [-0.1, -0.05) is 29.8 Å². The van der Waals surface area contributed by atoms with Crippen LogP contribution >= 0.6 is 11.6 Å². The quantitative estimate of drug-likeness (QED) is 0.861. The first-order valence-corrected chi connectivity index (χ1v) is 8.96. The van der Waals surface area contributed by atoms with E-state index in [9.17, 15) is 9.59 Å². The van der Waals surface area contributed by atoms with Crippen molar-refractivity contribution >= 4 is 34.8 Å². The minimum atomic E-state index is -0.419. The normalized spacial score (nSPS) is 16.7. The summed E-state index contributed by atoms with van der Waals surface area (Å²) >= 11 is 6.16. The highest BCUT2D eigenvalue weighted by Crippen LogP contribution is 2.30. The second kappa shape index (κ2) is 7.79. The van der Waals surface area contributed by atoms with Crippen molar-refractivity contribution in [1.29, 1.82) is 0 Å². The molecule has 26 heavy (non-hydrogen) atoms. The molecule has 2 aromatic carbocycles. The number of halogens is 1. The van der Waals surface area contributed by atoms with Gasteiger partial charge in [0.15, 0.2) is 0 Å². The Bertz CT molecular complexity index is 838. The molecule has 6 heteroatoms. The van der Waals surface area contributed by atoms with Gasteiger partial charge in [0.1, 0.15) is 5.75 Å². The van der Waals surface area contributed by atoms with E-state index in [0.29, 0.717) is 29.6 Å². The van der Waals surface area contributed by atoms with Gasteiger partial charge in [0.25, 0.3) is 0 Å². The largest absolute Gasteiger partial charge is 0.492 e. The number of amides is 2. The van der Waals surface area contributed by atoms with E-state index in [0.717, 1.165) is 11.3 Å². The Morgan fingerprint density at radius 3 is 2.81 bits per heavy atom. The molecular weight excluding hydrogens is 352 g/mol. The number of hydrogen-bond acceptors (Lipinski definition) is 3. The number of hydrogen-bond donors (Lipinski definition) is 1. The van der Waals surface area contributed by atoms with Gasteiger partial charge in [0, 0.05) is 23.7 Å². The summed E-state index contributed by atoms with van der Waals surface area (Å²) in [6, 6.07) is 12.8. The number of nitrogens with zero attached hydrogens (tertiary/aromatic N) is 1. The molecule has 2 amide bonds. The Kier molecular flexibility index (Phi) is 5.47. The summed E-state index contributed by atoms with van der Waals surface area (Å²) in [5, 5.41) is 3.49. The molecule has 0 aromatic heterocycles. The van der Waals surface area contributed by atoms with Crippen LogP contribution in [-0.4, -0.2) is 25.0 Å². The van der Waals surface area contributed by atoms with Crippen LogP contribution in [0.4, 0.5) is 11.4 Å². The van der Waals surface area contributed by atoms with Crippen LogP contribution < -0.4 is 15.0 Å². The van der Waals surface area contributed by atoms with Crippen LogP contribution in [0.1, 0.15) is 18.9 Å². The Morgan fingerprint density at radius 1 is 1.31 bits per heavy atom. The Morgan fingerprint density at radius 2 is 2.08 bits per heavy atom. The highest BCUT2D eigenvalue weighted by Gasteiger charge is 2.35. The van der Waals surface area contributed by atoms with E-state index in [4.69, 9.17) is 16.3 Å². The van der Waals surface area contributed by atoms with Crippen LogP contribution in [0.3, 0.4) is 0 Å². The Labute approximate surface area is 157 Å². The Hall–Kier alpha value is -2.53. The molecule has 1 heterocycles. The predicted molar refractivity (Wildman–Crippen MR) is 103 cm³/mol. The van der Waals surface area contributed by atoms with Crippen molar-refractivity contribution in [2.24, 2.45) is 5.92 Å². The lowest BCUT2D eigenvalue weighted by molar-refractivity contribution is -0.122. The van der Waals surface area contributed by atoms with Gasteiger partial charge in [0.05, 0.1) is 18.2 Å². The van der Waals surface area contributed by atoms with E-state index in [1.54, 1.807) is 23.1 Å². The minimum absolute atomic E-state index is 0.0804. The maximum atomic E-state index is 12.6. The SMILES string of the molecule is CCOc1ccccc1NC(=O)[C@@H]1CC(=O)N(c2ccc(C)c(Cl)c2)C1. The maximum Gasteiger partial charge on any atom is 0.229 e. The Balaban J connectivity index is 1.72. The second-order valence-electron chi connectivity index (χ2n) is 6.26. The van der Waals surface area contributed by atoms with Crippen LogP contribution in [0.2, 0.25) is 5.02 Å². The third-order valence-electron chi connectivity index (χ3n) is 4.41. The molecule has 1 atom stereocenters. The lowest BCUT2D eigenvalue weighted by Gasteiger charge is -2.18. The van der Waals surface area contributed by atoms with Crippen molar-refractivity contribution in [3.05, 3.63) is 53.1 Å². The molecule has 0 aliphatic carbocycles. The molecule has 0 spiro atoms. The zero-order valence-corrected chi connectivity index (χ0v) is 15.5. The van der Waals surface area contributed by atoms with Crippen LogP contribution in [0.5, 0.6) is 5.75 Å². The molecule has 0 saturated carbocycles. The van der Waals surface area contributed by atoms with Crippen LogP contribution in [0.25, 0.3) is 0 Å². The van der Waals surface area contributed by atoms with E-state index < -0.39 is 5.92 Å². The summed E-state index contributed by atoms with van der Waals surface area (Å²) in [4.78, 5) is 26.6. The van der Waals surface area contributed by atoms with Gasteiger partial charge in [-0.2, -0.15) is 0 Å². The van der Waals surface area contributed by atoms with Gasteiger partial charge in [-0.3, -0.25) is 9.59 Å². The number of ether oxygens (including phenoxy) is 1. The first-order valence-electron chi connectivity index (χ1n) is 8.58. The molecule has 1 aliphatic rings. The van der Waals surface area contributed by atoms with Gasteiger partial charge in [-0.15, -0.1) is 0 Å². The molecule has 5 nitrogen and oxygen atoms in total. The lowest BCUT2D eigenvalue weighted by atomic mass is 10.1. The molecular formula is C20H21ClN2O3. The monoisotopic (exact) mass is 372 g/mol. The molecule has 3 rings (SSSR count). The van der Waals surface area contributed by atoms with Crippen molar-refractivity contribution in [3.63, 3.8) is 0 Å². The molecule has 0 radical (unpaired) electrons. The third kappa shape index (κ3) is 3.83. The van der Waals surface area contributed by atoms with Gasteiger partial charge in [-0.05, 0) is 43.7 Å². The highest BCUT2D eigenvalue weighted by molar-refractivity contribution is 6.31. The van der Waals surface area contributed by atoms with Crippen molar-refractivity contribution < 1.29 is 14.3 Å². The average molecular weight is 373 g/mol. The smallest absolute Gasteiger partial charge is 0.229 e. The zero-order chi connectivity index (χ0) is 18.7. The third-order valence-corrected chi connectivity index (χ3v) is 4.81. The van der Waals surface area contributed by atoms with Crippen LogP contribution in [-0.2, 0) is 9.59 Å². The molecule has 0 unspecified atom stereocenters. The average Bonchev–Trinajstić information content (AvgIpc) is 3.01. The number of para-hydroxylation sites is 2. The first kappa shape index (κ1) is 18.3. The van der Waals surface area contributed by atoms with E-state index in [-0.39, 0.29) is 18.2 Å². The fourth-order valence-corrected chi connectivity index (χ4v) is 3.14. The van der Waals surface area contributed by atoms with Gasteiger partial charge >= 0.3 is 0 Å². The molecule has 1 saturated heterocycles. The number of nitrogens with one attached hydrogen (secondary N) is 1. The topological polar surface area (TPSA) is 58.6 Å². The van der Waals surface area contributed by atoms with Crippen LogP contribution in [0.15, 0.2) is 42.5 Å². The zero-order valence-electron chi connectivity index (χ0n) is 14.8. The van der Waals surface area contributed by atoms with Gasteiger partial charge < -0.3 is 15.0 Å². The van der Waals surface area contributed by atoms with E-state index in [1.807, 2.05) is 38.1 Å². The molecule has 1 aliphatic heterocycles. The maximum absolute atomic E-state index is 12.6. The van der Waals surface area contributed by atoms with E-state index in [2.05, 4.69) is 5.32 Å². The summed E-state index contributed by atoms with van der Waals surface area (Å²) in [5.41, 5.74) is 2.28. The molecule has 0 bridgehead atoms. The van der Waals surface area contributed by atoms with Crippen LogP contribution in [0, 0.1) is 12.8 Å². The number of carbonyl (C=O) groups excluding carboxylic acids is 2. The summed E-state index contributed by atoms with van der Waals surface area (Å²) in [6.45, 7) is 4.64. The summed E-state index contributed by atoms with van der Waals surface area (Å²) in [5.74, 6) is -0.0681. The summed E-state index contributed by atoms with van der Waals surface area (Å²) in [7, 11) is 0. The number of anilines is 2. The van der Waals surface area contributed by atoms with Crippen molar-refractivity contribution in [2.45, 2.75) is 20.3 Å². The second-order valence-corrected chi connectivity index (χ2v) is 6.66. The lowest BCUT2D eigenvalue weighted by Crippen LogP contribution is -2.28. The van der Waals surface area contributed by atoms with Crippen molar-refractivity contribution in [2.75, 3.05) is 23.4 Å². The molecule has 2 aromatic rings. The van der Waals surface area contributed by atoms with Crippen molar-refractivity contribution in [3.8, 4) is 5.75 Å².